The maximum absolute atomic E-state index is 12.5. The molecule has 7 heteroatoms. The van der Waals surface area contributed by atoms with Gasteiger partial charge in [0, 0.05) is 45.8 Å². The van der Waals surface area contributed by atoms with Gasteiger partial charge in [0.05, 0.1) is 18.4 Å². The van der Waals surface area contributed by atoms with Crippen LogP contribution < -0.4 is 0 Å². The number of carbonyl (C=O) groups is 1. The third-order valence-electron chi connectivity index (χ3n) is 5.96. The first-order valence-corrected chi connectivity index (χ1v) is 10.1. The second-order valence-corrected chi connectivity index (χ2v) is 8.30. The van der Waals surface area contributed by atoms with E-state index in [0.29, 0.717) is 11.5 Å². The molecule has 0 N–H and O–H groups in total. The quantitative estimate of drug-likeness (QED) is 0.804. The normalized spacial score (nSPS) is 23.0. The highest BCUT2D eigenvalue weighted by molar-refractivity contribution is 7.07. The van der Waals surface area contributed by atoms with Gasteiger partial charge >= 0.3 is 0 Å². The van der Waals surface area contributed by atoms with Gasteiger partial charge in [-0.05, 0) is 40.6 Å². The fourth-order valence-corrected chi connectivity index (χ4v) is 5.21. The van der Waals surface area contributed by atoms with Gasteiger partial charge in [0.2, 0.25) is 0 Å². The minimum atomic E-state index is 0.0255. The molecule has 0 radical (unpaired) electrons. The molecule has 0 aliphatic carbocycles. The number of likely N-dealkylation sites (tertiary alicyclic amines) is 2. The van der Waals surface area contributed by atoms with E-state index in [2.05, 4.69) is 26.9 Å². The van der Waals surface area contributed by atoms with Crippen LogP contribution in [0.25, 0.3) is 0 Å². The van der Waals surface area contributed by atoms with Gasteiger partial charge in [0.25, 0.3) is 5.91 Å². The summed E-state index contributed by atoms with van der Waals surface area (Å²) in [7, 11) is 1.79. The van der Waals surface area contributed by atoms with Crippen LogP contribution in [-0.2, 0) is 11.3 Å². The second-order valence-electron chi connectivity index (χ2n) is 7.52. The summed E-state index contributed by atoms with van der Waals surface area (Å²) in [4.78, 5) is 17.0. The zero-order chi connectivity index (χ0) is 18.0. The van der Waals surface area contributed by atoms with E-state index in [1.165, 1.54) is 18.0 Å². The number of nitrogens with zero attached hydrogens (tertiary/aromatic N) is 3. The Kier molecular flexibility index (Phi) is 5.11. The Morgan fingerprint density at radius 3 is 2.96 bits per heavy atom. The molecule has 0 saturated carbocycles. The average molecular weight is 375 g/mol. The van der Waals surface area contributed by atoms with Crippen molar-refractivity contribution in [2.75, 3.05) is 39.9 Å². The molecule has 0 unspecified atom stereocenters. The molecule has 1 amide bonds. The Hall–Kier alpha value is -1.70. The highest BCUT2D eigenvalue weighted by atomic mass is 32.1. The molecule has 2 aromatic heterocycles. The number of rotatable bonds is 5. The van der Waals surface area contributed by atoms with Gasteiger partial charge in [0.1, 0.15) is 6.26 Å². The van der Waals surface area contributed by atoms with E-state index >= 15 is 0 Å². The Morgan fingerprint density at radius 2 is 2.31 bits per heavy atom. The summed E-state index contributed by atoms with van der Waals surface area (Å²) in [6.07, 6.45) is 4.98. The molecule has 2 fully saturated rings. The van der Waals surface area contributed by atoms with Crippen LogP contribution in [0.5, 0.6) is 0 Å². The smallest absolute Gasteiger partial charge is 0.258 e. The van der Waals surface area contributed by atoms with Gasteiger partial charge in [-0.2, -0.15) is 11.3 Å². The Balaban J connectivity index is 1.42. The van der Waals surface area contributed by atoms with Crippen LogP contribution in [0.1, 0.15) is 28.8 Å². The SMILES string of the molecule is COC[C@@H]1CN(Cc2ccsc2)CC12CCN(C(=O)c1cnoc1)CC2. The Morgan fingerprint density at radius 1 is 1.46 bits per heavy atom. The van der Waals surface area contributed by atoms with Crippen molar-refractivity contribution >= 4 is 17.2 Å². The van der Waals surface area contributed by atoms with Gasteiger partial charge < -0.3 is 14.2 Å². The number of methoxy groups -OCH3 is 1. The highest BCUT2D eigenvalue weighted by Gasteiger charge is 2.48. The van der Waals surface area contributed by atoms with E-state index < -0.39 is 0 Å². The van der Waals surface area contributed by atoms with Crippen molar-refractivity contribution in [3.8, 4) is 0 Å². The minimum Gasteiger partial charge on any atom is -0.384 e. The molecule has 0 bridgehead atoms. The van der Waals surface area contributed by atoms with Crippen molar-refractivity contribution in [1.82, 2.24) is 15.0 Å². The zero-order valence-electron chi connectivity index (χ0n) is 15.1. The molecule has 2 aliphatic rings. The number of amides is 1. The van der Waals surface area contributed by atoms with E-state index in [9.17, 15) is 4.79 Å². The van der Waals surface area contributed by atoms with E-state index in [4.69, 9.17) is 9.26 Å². The molecule has 4 heterocycles. The van der Waals surface area contributed by atoms with E-state index in [1.807, 2.05) is 4.90 Å². The molecule has 2 aliphatic heterocycles. The fourth-order valence-electron chi connectivity index (χ4n) is 4.55. The van der Waals surface area contributed by atoms with Crippen LogP contribution in [0.4, 0.5) is 0 Å². The van der Waals surface area contributed by atoms with Crippen LogP contribution in [0.2, 0.25) is 0 Å². The first-order chi connectivity index (χ1) is 12.7. The fraction of sp³-hybridized carbons (Fsp3) is 0.579. The van der Waals surface area contributed by atoms with Crippen molar-refractivity contribution in [1.29, 1.82) is 0 Å². The number of carbonyl (C=O) groups excluding carboxylic acids is 1. The summed E-state index contributed by atoms with van der Waals surface area (Å²) in [5.41, 5.74) is 2.18. The molecular weight excluding hydrogens is 350 g/mol. The van der Waals surface area contributed by atoms with Gasteiger partial charge in [-0.25, -0.2) is 0 Å². The van der Waals surface area contributed by atoms with E-state index in [-0.39, 0.29) is 11.3 Å². The average Bonchev–Trinajstić information content (AvgIpc) is 3.39. The molecular formula is C19H25N3O3S. The maximum Gasteiger partial charge on any atom is 0.258 e. The van der Waals surface area contributed by atoms with Crippen molar-refractivity contribution < 1.29 is 14.1 Å². The Labute approximate surface area is 157 Å². The molecule has 4 rings (SSSR count). The zero-order valence-corrected chi connectivity index (χ0v) is 15.9. The molecule has 2 saturated heterocycles. The van der Waals surface area contributed by atoms with E-state index in [1.54, 1.807) is 18.4 Å². The number of hydrogen-bond acceptors (Lipinski definition) is 6. The van der Waals surface area contributed by atoms with E-state index in [0.717, 1.165) is 52.2 Å². The lowest BCUT2D eigenvalue weighted by Gasteiger charge is -2.42. The molecule has 0 aromatic carbocycles. The maximum atomic E-state index is 12.5. The summed E-state index contributed by atoms with van der Waals surface area (Å²) in [6, 6.07) is 2.21. The lowest BCUT2D eigenvalue weighted by molar-refractivity contribution is 0.0322. The topological polar surface area (TPSA) is 58.8 Å². The monoisotopic (exact) mass is 375 g/mol. The summed E-state index contributed by atoms with van der Waals surface area (Å²) >= 11 is 1.75. The van der Waals surface area contributed by atoms with Crippen LogP contribution >= 0.6 is 11.3 Å². The van der Waals surface area contributed by atoms with Crippen LogP contribution in [-0.4, -0.2) is 60.8 Å². The summed E-state index contributed by atoms with van der Waals surface area (Å²) in [5.74, 6) is 0.552. The summed E-state index contributed by atoms with van der Waals surface area (Å²) in [5, 5.41) is 8.02. The van der Waals surface area contributed by atoms with Gasteiger partial charge in [0.15, 0.2) is 0 Å². The highest BCUT2D eigenvalue weighted by Crippen LogP contribution is 2.45. The third kappa shape index (κ3) is 3.43. The van der Waals surface area contributed by atoms with Gasteiger partial charge in [-0.1, -0.05) is 5.16 Å². The molecule has 1 atom stereocenters. The largest absolute Gasteiger partial charge is 0.384 e. The van der Waals surface area contributed by atoms with Crippen molar-refractivity contribution in [3.63, 3.8) is 0 Å². The van der Waals surface area contributed by atoms with Crippen LogP contribution in [0.3, 0.4) is 0 Å². The Bertz CT molecular complexity index is 708. The lowest BCUT2D eigenvalue weighted by atomic mass is 9.71. The van der Waals surface area contributed by atoms with Crippen molar-refractivity contribution in [2.45, 2.75) is 19.4 Å². The summed E-state index contributed by atoms with van der Waals surface area (Å²) < 4.78 is 10.4. The van der Waals surface area contributed by atoms with Crippen LogP contribution in [0.15, 0.2) is 33.8 Å². The number of thiophene rings is 1. The first kappa shape index (κ1) is 17.7. The predicted octanol–water partition coefficient (Wildman–Crippen LogP) is 2.74. The molecule has 6 nitrogen and oxygen atoms in total. The van der Waals surface area contributed by atoms with Gasteiger partial charge in [-0.3, -0.25) is 9.69 Å². The third-order valence-corrected chi connectivity index (χ3v) is 6.70. The van der Waals surface area contributed by atoms with Crippen LogP contribution in [0, 0.1) is 11.3 Å². The van der Waals surface area contributed by atoms with Crippen molar-refractivity contribution in [3.05, 3.63) is 40.4 Å². The number of aromatic nitrogens is 1. The second kappa shape index (κ2) is 7.50. The molecule has 1 spiro atoms. The predicted molar refractivity (Wildman–Crippen MR) is 99.0 cm³/mol. The van der Waals surface area contributed by atoms with Crippen molar-refractivity contribution in [2.24, 2.45) is 11.3 Å². The first-order valence-electron chi connectivity index (χ1n) is 9.11. The molecule has 26 heavy (non-hydrogen) atoms. The molecule has 2 aromatic rings. The number of piperidine rings is 1. The number of hydrogen-bond donors (Lipinski definition) is 0. The summed E-state index contributed by atoms with van der Waals surface area (Å²) in [6.45, 7) is 5.54. The molecule has 140 valence electrons. The standard InChI is InChI=1S/C19H25N3O3S/c1-24-12-17-10-21(9-15-2-7-26-13-15)14-19(17)3-5-22(6-4-19)18(23)16-8-20-25-11-16/h2,7-8,11,13,17H,3-6,9-10,12,14H2,1H3/t17-/m0/s1. The van der Waals surface area contributed by atoms with Gasteiger partial charge in [-0.15, -0.1) is 0 Å². The number of ether oxygens (including phenoxy) is 1. The minimum absolute atomic E-state index is 0.0255. The lowest BCUT2D eigenvalue weighted by Crippen LogP contribution is -2.47.